The number of phenolic OH excluding ortho intramolecular Hbond substituents is 1. The predicted molar refractivity (Wildman–Crippen MR) is 78.7 cm³/mol. The molecule has 0 aliphatic carbocycles. The van der Waals surface area contributed by atoms with Crippen LogP contribution in [-0.4, -0.2) is 53.9 Å². The van der Waals surface area contributed by atoms with E-state index in [0.717, 1.165) is 37.5 Å². The van der Waals surface area contributed by atoms with Gasteiger partial charge in [-0.25, -0.2) is 0 Å². The molecule has 0 radical (unpaired) electrons. The number of ether oxygens (including phenoxy) is 2. The molecule has 0 bridgehead atoms. The van der Waals surface area contributed by atoms with Gasteiger partial charge in [0.25, 0.3) is 0 Å². The van der Waals surface area contributed by atoms with Gasteiger partial charge in [0.05, 0.1) is 0 Å². The quantitative estimate of drug-likeness (QED) is 0.899. The number of phenols is 1. The van der Waals surface area contributed by atoms with Crippen molar-refractivity contribution in [3.8, 4) is 17.2 Å². The normalized spacial score (nSPS) is 25.8. The second-order valence-corrected chi connectivity index (χ2v) is 6.25. The smallest absolute Gasteiger partial charge is 0.231 e. The van der Waals surface area contributed by atoms with Gasteiger partial charge in [0, 0.05) is 43.9 Å². The van der Waals surface area contributed by atoms with E-state index in [1.54, 1.807) is 6.07 Å². The summed E-state index contributed by atoms with van der Waals surface area (Å²) in [7, 11) is 0. The molecular formula is C16H22N2O3. The van der Waals surface area contributed by atoms with Crippen molar-refractivity contribution in [1.29, 1.82) is 0 Å². The van der Waals surface area contributed by atoms with Crippen molar-refractivity contribution in [2.45, 2.75) is 31.8 Å². The molecule has 2 fully saturated rings. The lowest BCUT2D eigenvalue weighted by molar-refractivity contribution is 0.0453. The van der Waals surface area contributed by atoms with Crippen LogP contribution >= 0.6 is 0 Å². The van der Waals surface area contributed by atoms with Crippen LogP contribution in [0.1, 0.15) is 24.8 Å². The van der Waals surface area contributed by atoms with Gasteiger partial charge in [-0.2, -0.15) is 0 Å². The van der Waals surface area contributed by atoms with E-state index in [2.05, 4.69) is 9.80 Å². The number of fused-ring (bicyclic) bond motifs is 2. The fourth-order valence-electron chi connectivity index (χ4n) is 3.70. The highest BCUT2D eigenvalue weighted by atomic mass is 16.7. The molecule has 0 saturated carbocycles. The van der Waals surface area contributed by atoms with Crippen LogP contribution in [0.15, 0.2) is 12.1 Å². The van der Waals surface area contributed by atoms with E-state index < -0.39 is 0 Å². The van der Waals surface area contributed by atoms with Crippen LogP contribution < -0.4 is 9.47 Å². The second kappa shape index (κ2) is 5.39. The molecule has 1 aromatic carbocycles. The van der Waals surface area contributed by atoms with Crippen LogP contribution in [0.4, 0.5) is 0 Å². The van der Waals surface area contributed by atoms with E-state index in [0.29, 0.717) is 17.5 Å². The molecule has 3 aliphatic rings. The Kier molecular flexibility index (Phi) is 3.39. The number of aromatic hydroxyl groups is 1. The maximum Gasteiger partial charge on any atom is 0.231 e. The minimum Gasteiger partial charge on any atom is -0.507 e. The van der Waals surface area contributed by atoms with Crippen molar-refractivity contribution < 1.29 is 14.6 Å². The van der Waals surface area contributed by atoms with Crippen molar-refractivity contribution in [2.24, 2.45) is 0 Å². The average Bonchev–Trinajstić information content (AvgIpc) is 2.94. The van der Waals surface area contributed by atoms with Gasteiger partial charge < -0.3 is 14.6 Å². The molecule has 3 aliphatic heterocycles. The van der Waals surface area contributed by atoms with Crippen molar-refractivity contribution >= 4 is 0 Å². The van der Waals surface area contributed by atoms with Crippen molar-refractivity contribution in [3.63, 3.8) is 0 Å². The summed E-state index contributed by atoms with van der Waals surface area (Å²) in [4.78, 5) is 5.07. The highest BCUT2D eigenvalue weighted by Gasteiger charge is 2.29. The molecule has 5 heteroatoms. The molecule has 1 unspecified atom stereocenters. The Morgan fingerprint density at radius 1 is 1.10 bits per heavy atom. The van der Waals surface area contributed by atoms with Gasteiger partial charge >= 0.3 is 0 Å². The fraction of sp³-hybridized carbons (Fsp3) is 0.625. The predicted octanol–water partition coefficient (Wildman–Crippen LogP) is 1.79. The Labute approximate surface area is 125 Å². The first-order valence-corrected chi connectivity index (χ1v) is 7.87. The molecule has 2 saturated heterocycles. The molecule has 1 N–H and O–H groups in total. The molecule has 0 aromatic heterocycles. The Morgan fingerprint density at radius 2 is 1.95 bits per heavy atom. The Bertz CT molecular complexity index is 534. The van der Waals surface area contributed by atoms with E-state index in [1.807, 2.05) is 6.07 Å². The number of piperidine rings is 1. The zero-order chi connectivity index (χ0) is 14.2. The van der Waals surface area contributed by atoms with Gasteiger partial charge in [-0.1, -0.05) is 6.42 Å². The molecule has 1 aromatic rings. The lowest BCUT2D eigenvalue weighted by atomic mass is 9.99. The lowest BCUT2D eigenvalue weighted by Crippen LogP contribution is -2.54. The van der Waals surface area contributed by atoms with Gasteiger partial charge in [0.2, 0.25) is 6.79 Å². The monoisotopic (exact) mass is 290 g/mol. The summed E-state index contributed by atoms with van der Waals surface area (Å²) in [6.07, 6.45) is 4.01. The van der Waals surface area contributed by atoms with E-state index in [4.69, 9.17) is 9.47 Å². The number of hydrogen-bond donors (Lipinski definition) is 1. The fourth-order valence-corrected chi connectivity index (χ4v) is 3.70. The average molecular weight is 290 g/mol. The van der Waals surface area contributed by atoms with Gasteiger partial charge in [-0.05, 0) is 25.5 Å². The summed E-state index contributed by atoms with van der Waals surface area (Å²) in [6.45, 7) is 5.62. The van der Waals surface area contributed by atoms with Gasteiger partial charge in [0.1, 0.15) is 5.75 Å². The van der Waals surface area contributed by atoms with Crippen LogP contribution in [0.2, 0.25) is 0 Å². The molecule has 114 valence electrons. The first kappa shape index (κ1) is 13.2. The molecular weight excluding hydrogens is 268 g/mol. The standard InChI is InChI=1S/C16H22N2O3/c19-14-8-16-15(20-11-21-16)7-12(14)9-17-5-6-18-4-2-1-3-13(18)10-17/h7-8,13,19H,1-6,9-11H2. The third-order valence-electron chi connectivity index (χ3n) is 4.89. The SMILES string of the molecule is Oc1cc2c(cc1CN1CCN3CCCCC3C1)OCO2. The molecule has 0 amide bonds. The van der Waals surface area contributed by atoms with Crippen LogP contribution in [0.25, 0.3) is 0 Å². The second-order valence-electron chi connectivity index (χ2n) is 6.25. The van der Waals surface area contributed by atoms with Gasteiger partial charge in [0.15, 0.2) is 11.5 Å². The number of nitrogens with zero attached hydrogens (tertiary/aromatic N) is 2. The van der Waals surface area contributed by atoms with Crippen LogP contribution in [0.5, 0.6) is 17.2 Å². The van der Waals surface area contributed by atoms with Crippen LogP contribution in [0, 0.1) is 0 Å². The van der Waals surface area contributed by atoms with Crippen molar-refractivity contribution in [1.82, 2.24) is 9.80 Å². The summed E-state index contributed by atoms with van der Waals surface area (Å²) in [5.74, 6) is 1.71. The van der Waals surface area contributed by atoms with Crippen LogP contribution in [-0.2, 0) is 6.54 Å². The van der Waals surface area contributed by atoms with E-state index >= 15 is 0 Å². The Morgan fingerprint density at radius 3 is 2.86 bits per heavy atom. The molecule has 0 spiro atoms. The molecule has 21 heavy (non-hydrogen) atoms. The Balaban J connectivity index is 1.46. The highest BCUT2D eigenvalue weighted by Crippen LogP contribution is 2.38. The number of hydrogen-bond acceptors (Lipinski definition) is 5. The third-order valence-corrected chi connectivity index (χ3v) is 4.89. The summed E-state index contributed by atoms with van der Waals surface area (Å²) in [5.41, 5.74) is 0.934. The summed E-state index contributed by atoms with van der Waals surface area (Å²) < 4.78 is 10.7. The number of benzene rings is 1. The first-order valence-electron chi connectivity index (χ1n) is 7.87. The molecule has 3 heterocycles. The van der Waals surface area contributed by atoms with E-state index in [1.165, 1.54) is 25.8 Å². The maximum atomic E-state index is 10.2. The van der Waals surface area contributed by atoms with Crippen LogP contribution in [0.3, 0.4) is 0 Å². The maximum absolute atomic E-state index is 10.2. The number of rotatable bonds is 2. The third kappa shape index (κ3) is 2.56. The van der Waals surface area contributed by atoms with Gasteiger partial charge in [-0.15, -0.1) is 0 Å². The number of piperazine rings is 1. The van der Waals surface area contributed by atoms with Gasteiger partial charge in [-0.3, -0.25) is 9.80 Å². The molecule has 1 atom stereocenters. The lowest BCUT2D eigenvalue weighted by Gasteiger charge is -2.44. The molecule has 4 rings (SSSR count). The van der Waals surface area contributed by atoms with Crippen molar-refractivity contribution in [3.05, 3.63) is 17.7 Å². The summed E-state index contributed by atoms with van der Waals surface area (Å²) in [5, 5.41) is 10.2. The molecule has 5 nitrogen and oxygen atoms in total. The largest absolute Gasteiger partial charge is 0.507 e. The Hall–Kier alpha value is -1.46. The summed E-state index contributed by atoms with van der Waals surface area (Å²) in [6, 6.07) is 4.29. The topological polar surface area (TPSA) is 45.2 Å². The van der Waals surface area contributed by atoms with E-state index in [9.17, 15) is 5.11 Å². The minimum absolute atomic E-state index is 0.249. The zero-order valence-corrected chi connectivity index (χ0v) is 12.3. The zero-order valence-electron chi connectivity index (χ0n) is 12.3. The first-order chi connectivity index (χ1) is 10.3. The van der Waals surface area contributed by atoms with E-state index in [-0.39, 0.29) is 6.79 Å². The minimum atomic E-state index is 0.249. The highest BCUT2D eigenvalue weighted by molar-refractivity contribution is 5.51. The van der Waals surface area contributed by atoms with Crippen molar-refractivity contribution in [2.75, 3.05) is 33.0 Å². The summed E-state index contributed by atoms with van der Waals surface area (Å²) >= 11 is 0.